The number of aliphatic imine (C=N–C) groups is 1. The van der Waals surface area contributed by atoms with Crippen molar-refractivity contribution in [3.8, 4) is 11.5 Å². The molecule has 0 radical (unpaired) electrons. The van der Waals surface area contributed by atoms with Crippen LogP contribution >= 0.6 is 22.9 Å². The highest BCUT2D eigenvalue weighted by molar-refractivity contribution is 7.14. The molecule has 2 aromatic heterocycles. The molecule has 3 heterocycles. The van der Waals surface area contributed by atoms with Crippen LogP contribution in [0.1, 0.15) is 54.1 Å². The molecule has 5 N–H and O–H groups in total. The van der Waals surface area contributed by atoms with Gasteiger partial charge in [0.1, 0.15) is 30.4 Å². The summed E-state index contributed by atoms with van der Waals surface area (Å²) in [5, 5.41) is 14.6. The Morgan fingerprint density at radius 2 is 1.46 bits per heavy atom. The summed E-state index contributed by atoms with van der Waals surface area (Å²) < 4.78 is 56.5. The Morgan fingerprint density at radius 1 is 0.800 bits per heavy atom. The molecule has 1 saturated heterocycles. The zero-order valence-corrected chi connectivity index (χ0v) is 50.3. The number of rotatable bonds is 37. The van der Waals surface area contributed by atoms with Crippen molar-refractivity contribution in [2.75, 3.05) is 137 Å². The topological polar surface area (TPSA) is 240 Å². The second-order valence-corrected chi connectivity index (χ2v) is 21.1. The second-order valence-electron chi connectivity index (χ2n) is 19.8. The third-order valence-corrected chi connectivity index (χ3v) is 14.1. The van der Waals surface area contributed by atoms with Crippen LogP contribution in [0.2, 0.25) is 5.02 Å². The molecule has 25 heteroatoms. The highest BCUT2D eigenvalue weighted by atomic mass is 35.5. The van der Waals surface area contributed by atoms with E-state index in [2.05, 4.69) is 64.8 Å². The van der Waals surface area contributed by atoms with Gasteiger partial charge in [0.05, 0.1) is 70.7 Å². The number of anilines is 2. The van der Waals surface area contributed by atoms with Crippen LogP contribution in [0, 0.1) is 0 Å². The smallest absolute Gasteiger partial charge is 0.325 e. The monoisotopic (exact) mass is 1220 g/mol. The first-order valence-electron chi connectivity index (χ1n) is 28.2. The standard InChI is InChI=1S/C54H67ClF2N10O9S.C6H14N2/c1-66(25-30-74-32-31-72-28-21-45(65-58)37-60-23-29-73-33-34-76-48-17-13-44(14-18-48)62-53(71)64-54-63-46(20-26-68)39-77-54)24-2-3-27-75-47-15-8-40(9-16-47)10-19-50(69)67(38-49(56)57)51(42-5-4-22-59-36-42)52(70)61-35-41-6-11-43(55)12-7-41;1-7-3-5-8(2)6-4-7/h4-9,11-18,22,26,36-37,39,49,51H,2-3,10,19-21,23-25,27-35,38,58H2,1H3,(H,61,70)(H2,62,63,64,71);3-6H2,1-2H3/b60-37?,65-45-;. The first kappa shape index (κ1) is 68.7. The number of aromatic nitrogens is 2. The van der Waals surface area contributed by atoms with Crippen molar-refractivity contribution in [2.45, 2.75) is 57.5 Å². The summed E-state index contributed by atoms with van der Waals surface area (Å²) in [6.07, 6.45) is 5.08. The summed E-state index contributed by atoms with van der Waals surface area (Å²) in [7, 11) is 6.39. The molecule has 1 atom stereocenters. The third kappa shape index (κ3) is 28.6. The number of pyridine rings is 1. The number of ether oxygens (including phenoxy) is 5. The van der Waals surface area contributed by atoms with E-state index in [0.717, 1.165) is 48.2 Å². The van der Waals surface area contributed by atoms with Gasteiger partial charge in [0.15, 0.2) is 5.13 Å². The molecule has 0 bridgehead atoms. The molecule has 4 amide bonds. The Labute approximate surface area is 506 Å². The fourth-order valence-electron chi connectivity index (χ4n) is 8.16. The lowest BCUT2D eigenvalue weighted by Gasteiger charge is -2.31. The number of nitrogens with two attached hydrogens (primary N) is 1. The lowest BCUT2D eigenvalue weighted by molar-refractivity contribution is -0.143. The second kappa shape index (κ2) is 40.3. The van der Waals surface area contributed by atoms with E-state index in [9.17, 15) is 28.0 Å². The van der Waals surface area contributed by atoms with Gasteiger partial charge in [-0.2, -0.15) is 5.10 Å². The van der Waals surface area contributed by atoms with E-state index in [1.54, 1.807) is 72.3 Å². The average Bonchev–Trinajstić information content (AvgIpc) is 4.16. The van der Waals surface area contributed by atoms with Gasteiger partial charge in [-0.25, -0.2) is 18.6 Å². The van der Waals surface area contributed by atoms with Crippen LogP contribution < -0.4 is 31.3 Å². The van der Waals surface area contributed by atoms with Gasteiger partial charge in [-0.1, -0.05) is 41.9 Å². The molecule has 6 rings (SSSR count). The molecule has 21 nitrogen and oxygen atoms in total. The molecule has 1 aliphatic rings. The fourth-order valence-corrected chi connectivity index (χ4v) is 9.01. The lowest BCUT2D eigenvalue weighted by Crippen LogP contribution is -2.45. The summed E-state index contributed by atoms with van der Waals surface area (Å²) in [4.78, 5) is 70.4. The number of piperazine rings is 1. The maximum atomic E-state index is 13.9. The Hall–Kier alpha value is -7.03. The van der Waals surface area contributed by atoms with Gasteiger partial charge < -0.3 is 64.6 Å². The number of amides is 4. The summed E-state index contributed by atoms with van der Waals surface area (Å²) in [5.74, 6) is 5.66. The van der Waals surface area contributed by atoms with E-state index >= 15 is 0 Å². The molecule has 0 saturated carbocycles. The van der Waals surface area contributed by atoms with Gasteiger partial charge in [0.25, 0.3) is 6.43 Å². The number of aryl methyl sites for hydroxylation is 1. The van der Waals surface area contributed by atoms with E-state index in [1.165, 1.54) is 49.9 Å². The number of benzene rings is 3. The van der Waals surface area contributed by atoms with Crippen molar-refractivity contribution in [2.24, 2.45) is 15.9 Å². The predicted molar refractivity (Wildman–Crippen MR) is 328 cm³/mol. The molecule has 1 unspecified atom stereocenters. The van der Waals surface area contributed by atoms with Crippen molar-refractivity contribution in [1.29, 1.82) is 0 Å². The zero-order valence-electron chi connectivity index (χ0n) is 48.8. The van der Waals surface area contributed by atoms with Gasteiger partial charge in [-0.3, -0.25) is 24.9 Å². The number of nitrogens with one attached hydrogen (secondary N) is 3. The van der Waals surface area contributed by atoms with E-state index in [0.29, 0.717) is 110 Å². The van der Waals surface area contributed by atoms with Crippen molar-refractivity contribution in [3.05, 3.63) is 130 Å². The number of hydrogen-bond donors (Lipinski definition) is 4. The summed E-state index contributed by atoms with van der Waals surface area (Å²) in [5.41, 5.74) is 3.68. The molecule has 1 aliphatic heterocycles. The van der Waals surface area contributed by atoms with Gasteiger partial charge in [0.2, 0.25) is 11.8 Å². The van der Waals surface area contributed by atoms with Gasteiger partial charge in [0, 0.05) is 98.8 Å². The molecular weight excluding hydrogens is 1140 g/mol. The molecule has 0 spiro atoms. The number of urea groups is 1. The Morgan fingerprint density at radius 3 is 2.13 bits per heavy atom. The predicted octanol–water partition coefficient (Wildman–Crippen LogP) is 7.52. The van der Waals surface area contributed by atoms with Crippen LogP contribution in [0.15, 0.2) is 113 Å². The molecule has 5 aromatic rings. The van der Waals surface area contributed by atoms with Crippen LogP contribution in [-0.4, -0.2) is 198 Å². The third-order valence-electron chi connectivity index (χ3n) is 13.0. The van der Waals surface area contributed by atoms with Crippen LogP contribution in [0.5, 0.6) is 11.5 Å². The Kier molecular flexibility index (Phi) is 32.6. The van der Waals surface area contributed by atoms with Crippen molar-refractivity contribution < 1.29 is 51.6 Å². The van der Waals surface area contributed by atoms with Gasteiger partial charge in [-0.05, 0) is 113 Å². The number of carbonyl (C=O) groups is 4. The number of likely N-dealkylation sites (N-methyl/N-ethyl adjacent to an activating group) is 3. The van der Waals surface area contributed by atoms with Crippen LogP contribution in [0.25, 0.3) is 0 Å². The van der Waals surface area contributed by atoms with Crippen LogP contribution in [-0.2, 0) is 48.0 Å². The molecule has 1 fully saturated rings. The van der Waals surface area contributed by atoms with E-state index in [-0.39, 0.29) is 25.8 Å². The number of unbranched alkanes of at least 4 members (excludes halogenated alkanes) is 1. The van der Waals surface area contributed by atoms with Crippen molar-refractivity contribution >= 4 is 69.8 Å². The number of hydrogen-bond acceptors (Lipinski definition) is 18. The normalized spacial score (nSPS) is 13.3. The Bertz CT molecular complexity index is 2740. The first-order valence-corrected chi connectivity index (χ1v) is 29.5. The van der Waals surface area contributed by atoms with E-state index in [4.69, 9.17) is 41.1 Å². The molecule has 462 valence electrons. The molecule has 85 heavy (non-hydrogen) atoms. The lowest BCUT2D eigenvalue weighted by atomic mass is 10.0. The fraction of sp³-hybridized carbons (Fsp3) is 0.467. The highest BCUT2D eigenvalue weighted by Gasteiger charge is 2.33. The number of thiazole rings is 1. The zero-order chi connectivity index (χ0) is 60.9. The Balaban J connectivity index is 0.00000152. The number of alkyl halides is 2. The minimum absolute atomic E-state index is 0.0861. The van der Waals surface area contributed by atoms with Crippen molar-refractivity contribution in [1.82, 2.24) is 34.9 Å². The maximum absolute atomic E-state index is 13.9. The van der Waals surface area contributed by atoms with Gasteiger partial charge >= 0.3 is 6.03 Å². The van der Waals surface area contributed by atoms with Gasteiger partial charge in [-0.15, -0.1) is 11.3 Å². The van der Waals surface area contributed by atoms with E-state index < -0.39 is 36.9 Å². The largest absolute Gasteiger partial charge is 0.494 e. The van der Waals surface area contributed by atoms with E-state index in [1.807, 2.05) is 31.3 Å². The number of aldehydes is 1. The minimum atomic E-state index is -2.86. The molecular formula is C60H81ClF2N12O9S. The minimum Gasteiger partial charge on any atom is -0.494 e. The number of nitrogens with zero attached hydrogens (tertiary/aromatic N) is 8. The number of halogens is 3. The quantitative estimate of drug-likeness (QED) is 0.00989. The molecule has 0 aliphatic carbocycles. The first-order chi connectivity index (χ1) is 41.3. The average molecular weight is 1220 g/mol. The summed E-state index contributed by atoms with van der Waals surface area (Å²) in [6.45, 7) is 9.68. The SMILES string of the molecule is CN(CCCCOc1ccc(CCC(=O)N(CC(F)F)C(C(=O)NCc2ccc(Cl)cc2)c2cccnc2)cc1)CCOCCOCC/C(C=NCCOCCOc1ccc(NC(=O)Nc2nc(CC=O)cs2)cc1)=N/N.CN1CCN(C)CC1. The summed E-state index contributed by atoms with van der Waals surface area (Å²) in [6, 6.07) is 22.5. The number of carbonyl (C=O) groups excluding carboxylic acids is 4. The van der Waals surface area contributed by atoms with Crippen molar-refractivity contribution in [3.63, 3.8) is 0 Å². The highest BCUT2D eigenvalue weighted by Crippen LogP contribution is 2.25. The molecule has 3 aromatic carbocycles. The van der Waals surface area contributed by atoms with Crippen LogP contribution in [0.4, 0.5) is 24.4 Å². The van der Waals surface area contributed by atoms with Crippen LogP contribution in [0.3, 0.4) is 0 Å². The number of hydrazone groups is 1. The summed E-state index contributed by atoms with van der Waals surface area (Å²) >= 11 is 7.22. The maximum Gasteiger partial charge on any atom is 0.325 e.